The highest BCUT2D eigenvalue weighted by molar-refractivity contribution is 5.96. The fourth-order valence-corrected chi connectivity index (χ4v) is 4.28. The van der Waals surface area contributed by atoms with E-state index in [4.69, 9.17) is 0 Å². The van der Waals surface area contributed by atoms with Gasteiger partial charge in [0.2, 0.25) is 5.91 Å². The second kappa shape index (κ2) is 10.1. The van der Waals surface area contributed by atoms with Crippen LogP contribution in [-0.2, 0) is 11.3 Å². The molecule has 8 heteroatoms. The van der Waals surface area contributed by atoms with Crippen LogP contribution in [-0.4, -0.2) is 36.0 Å². The summed E-state index contributed by atoms with van der Waals surface area (Å²) in [6, 6.07) is 9.61. The van der Waals surface area contributed by atoms with Crippen molar-refractivity contribution in [3.63, 3.8) is 0 Å². The quantitative estimate of drug-likeness (QED) is 0.742. The molecule has 2 aromatic rings. The fourth-order valence-electron chi connectivity index (χ4n) is 4.28. The number of carbonyl (C=O) groups is 2. The summed E-state index contributed by atoms with van der Waals surface area (Å²) in [5.74, 6) is -0.194. The molecule has 2 saturated heterocycles. The van der Waals surface area contributed by atoms with E-state index in [1.807, 2.05) is 36.5 Å². The van der Waals surface area contributed by atoms with E-state index >= 15 is 0 Å². The molecule has 7 nitrogen and oxygen atoms in total. The maximum Gasteiger partial charge on any atom is 0.263 e. The summed E-state index contributed by atoms with van der Waals surface area (Å²) in [4.78, 5) is 39.5. The van der Waals surface area contributed by atoms with Crippen molar-refractivity contribution < 1.29 is 9.59 Å². The SMILES string of the molecule is Cc1ccn(C2CCNCC2)c(=O)c1C(=O)NCc1ccc(N2CCCC2=O)cc1.Cl. The first-order valence-corrected chi connectivity index (χ1v) is 10.6. The third-order valence-corrected chi connectivity index (χ3v) is 6.03. The van der Waals surface area contributed by atoms with Crippen LogP contribution in [0.25, 0.3) is 0 Å². The molecule has 4 rings (SSSR count). The number of nitrogens with zero attached hydrogens (tertiary/aromatic N) is 2. The van der Waals surface area contributed by atoms with E-state index in [0.29, 0.717) is 18.5 Å². The van der Waals surface area contributed by atoms with Crippen molar-refractivity contribution in [2.24, 2.45) is 0 Å². The van der Waals surface area contributed by atoms with Crippen LogP contribution in [0.3, 0.4) is 0 Å². The maximum absolute atomic E-state index is 13.0. The van der Waals surface area contributed by atoms with Gasteiger partial charge < -0.3 is 20.1 Å². The van der Waals surface area contributed by atoms with Crippen molar-refractivity contribution >= 4 is 29.9 Å². The van der Waals surface area contributed by atoms with Gasteiger partial charge in [0, 0.05) is 37.4 Å². The largest absolute Gasteiger partial charge is 0.348 e. The molecule has 0 bridgehead atoms. The molecule has 0 spiro atoms. The van der Waals surface area contributed by atoms with Gasteiger partial charge in [0.05, 0.1) is 0 Å². The van der Waals surface area contributed by atoms with Gasteiger partial charge in [-0.15, -0.1) is 12.4 Å². The van der Waals surface area contributed by atoms with E-state index < -0.39 is 0 Å². The van der Waals surface area contributed by atoms with Gasteiger partial charge in [-0.3, -0.25) is 14.4 Å². The van der Waals surface area contributed by atoms with Crippen LogP contribution in [0.2, 0.25) is 0 Å². The number of piperidine rings is 1. The lowest BCUT2D eigenvalue weighted by Crippen LogP contribution is -2.38. The molecule has 0 unspecified atom stereocenters. The number of hydrogen-bond acceptors (Lipinski definition) is 4. The Bertz CT molecular complexity index is 997. The standard InChI is InChI=1S/C23H28N4O3.ClH/c1-16-10-14-27(19-8-11-24-12-9-19)23(30)21(16)22(29)25-15-17-4-6-18(7-5-17)26-13-2-3-20(26)28;/h4-7,10,14,19,24H,2-3,8-9,11-13,15H2,1H3,(H,25,29);1H. The number of pyridine rings is 1. The molecule has 0 aliphatic carbocycles. The molecule has 0 atom stereocenters. The topological polar surface area (TPSA) is 83.4 Å². The minimum absolute atomic E-state index is 0. The Kier molecular flexibility index (Phi) is 7.51. The number of hydrogen-bond donors (Lipinski definition) is 2. The van der Waals surface area contributed by atoms with E-state index in [1.165, 1.54) is 0 Å². The summed E-state index contributed by atoms with van der Waals surface area (Å²) in [7, 11) is 0. The number of amides is 2. The number of halogens is 1. The first-order chi connectivity index (χ1) is 14.5. The number of aryl methyl sites for hydroxylation is 1. The monoisotopic (exact) mass is 444 g/mol. The normalized spacial score (nSPS) is 16.8. The number of aromatic nitrogens is 1. The minimum Gasteiger partial charge on any atom is -0.348 e. The summed E-state index contributed by atoms with van der Waals surface area (Å²) < 4.78 is 1.71. The molecule has 0 saturated carbocycles. The molecule has 2 N–H and O–H groups in total. The van der Waals surface area contributed by atoms with E-state index in [9.17, 15) is 14.4 Å². The van der Waals surface area contributed by atoms with Crippen molar-refractivity contribution in [1.82, 2.24) is 15.2 Å². The lowest BCUT2D eigenvalue weighted by Gasteiger charge is -2.25. The lowest BCUT2D eigenvalue weighted by atomic mass is 10.0. The van der Waals surface area contributed by atoms with Crippen LogP contribution in [0.4, 0.5) is 5.69 Å². The molecule has 2 fully saturated rings. The Morgan fingerprint density at radius 2 is 1.84 bits per heavy atom. The van der Waals surface area contributed by atoms with E-state index in [0.717, 1.165) is 50.1 Å². The predicted molar refractivity (Wildman–Crippen MR) is 123 cm³/mol. The van der Waals surface area contributed by atoms with Crippen molar-refractivity contribution in [1.29, 1.82) is 0 Å². The maximum atomic E-state index is 13.0. The van der Waals surface area contributed by atoms with Gasteiger partial charge in [-0.25, -0.2) is 0 Å². The third-order valence-electron chi connectivity index (χ3n) is 6.03. The zero-order valence-electron chi connectivity index (χ0n) is 17.7. The number of nitrogens with one attached hydrogen (secondary N) is 2. The number of benzene rings is 1. The van der Waals surface area contributed by atoms with Gasteiger partial charge in [-0.05, 0) is 68.6 Å². The third kappa shape index (κ3) is 4.99. The Morgan fingerprint density at radius 1 is 1.13 bits per heavy atom. The van der Waals surface area contributed by atoms with Crippen LogP contribution < -0.4 is 21.1 Å². The Morgan fingerprint density at radius 3 is 2.48 bits per heavy atom. The van der Waals surface area contributed by atoms with Crippen LogP contribution in [0.5, 0.6) is 0 Å². The summed E-state index contributed by atoms with van der Waals surface area (Å²) in [6.07, 6.45) is 5.07. The molecule has 2 amide bonds. The zero-order chi connectivity index (χ0) is 21.1. The molecule has 2 aliphatic heterocycles. The molecule has 1 aromatic carbocycles. The molecular formula is C23H29ClN4O3. The molecule has 166 valence electrons. The van der Waals surface area contributed by atoms with Crippen LogP contribution >= 0.6 is 12.4 Å². The highest BCUT2D eigenvalue weighted by Crippen LogP contribution is 2.21. The molecule has 0 radical (unpaired) electrons. The number of anilines is 1. The van der Waals surface area contributed by atoms with Crippen LogP contribution in [0.15, 0.2) is 41.3 Å². The Balaban J connectivity index is 0.00000272. The van der Waals surface area contributed by atoms with Crippen molar-refractivity contribution in [2.45, 2.75) is 45.2 Å². The smallest absolute Gasteiger partial charge is 0.263 e. The van der Waals surface area contributed by atoms with Crippen molar-refractivity contribution in [3.05, 3.63) is 63.6 Å². The van der Waals surface area contributed by atoms with Crippen LogP contribution in [0.1, 0.15) is 53.2 Å². The predicted octanol–water partition coefficient (Wildman–Crippen LogP) is 2.56. The highest BCUT2D eigenvalue weighted by atomic mass is 35.5. The molecule has 3 heterocycles. The molecule has 31 heavy (non-hydrogen) atoms. The Hall–Kier alpha value is -2.64. The molecular weight excluding hydrogens is 416 g/mol. The van der Waals surface area contributed by atoms with Gasteiger partial charge in [0.15, 0.2) is 0 Å². The van der Waals surface area contributed by atoms with E-state index in [2.05, 4.69) is 10.6 Å². The first kappa shape index (κ1) is 23.0. The van der Waals surface area contributed by atoms with Gasteiger partial charge in [-0.1, -0.05) is 12.1 Å². The van der Waals surface area contributed by atoms with Gasteiger partial charge in [-0.2, -0.15) is 0 Å². The summed E-state index contributed by atoms with van der Waals surface area (Å²) in [6.45, 7) is 4.64. The van der Waals surface area contributed by atoms with Crippen molar-refractivity contribution in [3.8, 4) is 0 Å². The lowest BCUT2D eigenvalue weighted by molar-refractivity contribution is -0.117. The second-order valence-electron chi connectivity index (χ2n) is 8.07. The molecule has 2 aliphatic rings. The van der Waals surface area contributed by atoms with Gasteiger partial charge in [0.1, 0.15) is 5.56 Å². The molecule has 1 aromatic heterocycles. The number of carbonyl (C=O) groups excluding carboxylic acids is 2. The average Bonchev–Trinajstić information content (AvgIpc) is 3.19. The summed E-state index contributed by atoms with van der Waals surface area (Å²) in [5.41, 5.74) is 2.49. The minimum atomic E-state index is -0.348. The van der Waals surface area contributed by atoms with Crippen LogP contribution in [0, 0.1) is 6.92 Å². The number of rotatable bonds is 5. The van der Waals surface area contributed by atoms with E-state index in [-0.39, 0.29) is 41.4 Å². The zero-order valence-corrected chi connectivity index (χ0v) is 18.5. The summed E-state index contributed by atoms with van der Waals surface area (Å²) >= 11 is 0. The first-order valence-electron chi connectivity index (χ1n) is 10.6. The van der Waals surface area contributed by atoms with E-state index in [1.54, 1.807) is 16.4 Å². The highest BCUT2D eigenvalue weighted by Gasteiger charge is 2.22. The average molecular weight is 445 g/mol. The van der Waals surface area contributed by atoms with Gasteiger partial charge >= 0.3 is 0 Å². The van der Waals surface area contributed by atoms with Crippen molar-refractivity contribution in [2.75, 3.05) is 24.5 Å². The summed E-state index contributed by atoms with van der Waals surface area (Å²) in [5, 5.41) is 6.18. The van der Waals surface area contributed by atoms with Gasteiger partial charge in [0.25, 0.3) is 11.5 Å². The Labute approximate surface area is 188 Å². The fraction of sp³-hybridized carbons (Fsp3) is 0.435. The second-order valence-corrected chi connectivity index (χ2v) is 8.07.